The van der Waals surface area contributed by atoms with Crippen molar-refractivity contribution in [3.8, 4) is 11.5 Å². The highest BCUT2D eigenvalue weighted by Gasteiger charge is 2.27. The van der Waals surface area contributed by atoms with Gasteiger partial charge in [-0.1, -0.05) is 49.9 Å². The number of rotatable bonds is 8. The van der Waals surface area contributed by atoms with Crippen LogP contribution in [0.1, 0.15) is 74.3 Å². The molecule has 4 atom stereocenters. The molecule has 4 nitrogen and oxygen atoms in total. The molecule has 0 aliphatic heterocycles. The maximum Gasteiger partial charge on any atom is 0.119 e. The van der Waals surface area contributed by atoms with Crippen LogP contribution in [0.5, 0.6) is 11.5 Å². The molecule has 2 unspecified atom stereocenters. The molecule has 2 fully saturated rings. The van der Waals surface area contributed by atoms with Crippen LogP contribution in [0.4, 0.5) is 0 Å². The molecular formula is C30H47ClN2O2. The Labute approximate surface area is 220 Å². The zero-order chi connectivity index (χ0) is 24.2. The van der Waals surface area contributed by atoms with Crippen molar-refractivity contribution < 1.29 is 9.47 Å². The number of hydrogen-bond donors (Lipinski definition) is 2. The van der Waals surface area contributed by atoms with E-state index in [2.05, 4.69) is 61.1 Å². The Kier molecular flexibility index (Phi) is 13.5. The third kappa shape index (κ3) is 8.70. The minimum atomic E-state index is 0. The molecule has 0 heterocycles. The monoisotopic (exact) mass is 502 g/mol. The van der Waals surface area contributed by atoms with Gasteiger partial charge in [0.1, 0.15) is 11.5 Å². The number of benzene rings is 2. The van der Waals surface area contributed by atoms with Gasteiger partial charge >= 0.3 is 0 Å². The topological polar surface area (TPSA) is 42.5 Å². The zero-order valence-electron chi connectivity index (χ0n) is 22.2. The van der Waals surface area contributed by atoms with Crippen LogP contribution in [0.15, 0.2) is 48.5 Å². The van der Waals surface area contributed by atoms with Gasteiger partial charge in [-0.25, -0.2) is 0 Å². The number of nitrogens with one attached hydrogen (secondary N) is 2. The molecule has 4 rings (SSSR count). The molecule has 0 bridgehead atoms. The van der Waals surface area contributed by atoms with Crippen molar-refractivity contribution in [3.63, 3.8) is 0 Å². The van der Waals surface area contributed by atoms with Crippen LogP contribution in [-0.2, 0) is 0 Å². The predicted octanol–water partition coefficient (Wildman–Crippen LogP) is 6.80. The van der Waals surface area contributed by atoms with E-state index in [1.165, 1.54) is 62.5 Å². The fourth-order valence-electron chi connectivity index (χ4n) is 6.05. The van der Waals surface area contributed by atoms with E-state index in [4.69, 9.17) is 9.47 Å². The number of methoxy groups -OCH3 is 2. The minimum absolute atomic E-state index is 0. The van der Waals surface area contributed by atoms with Crippen LogP contribution < -0.4 is 20.1 Å². The summed E-state index contributed by atoms with van der Waals surface area (Å²) >= 11 is 0. The van der Waals surface area contributed by atoms with Gasteiger partial charge in [0, 0.05) is 0 Å². The summed E-state index contributed by atoms with van der Waals surface area (Å²) in [6.45, 7) is 2.25. The van der Waals surface area contributed by atoms with Crippen LogP contribution in [0.3, 0.4) is 0 Å². The molecule has 2 saturated carbocycles. The van der Waals surface area contributed by atoms with E-state index in [0.29, 0.717) is 11.8 Å². The highest BCUT2D eigenvalue weighted by atomic mass is 35.5. The van der Waals surface area contributed by atoms with Gasteiger partial charge in [0.15, 0.2) is 0 Å². The molecule has 0 aromatic heterocycles. The van der Waals surface area contributed by atoms with Gasteiger partial charge in [-0.15, -0.1) is 12.4 Å². The molecule has 2 aliphatic carbocycles. The molecule has 2 aliphatic rings. The van der Waals surface area contributed by atoms with Crippen molar-refractivity contribution in [1.82, 2.24) is 10.6 Å². The molecule has 2 N–H and O–H groups in total. The summed E-state index contributed by atoms with van der Waals surface area (Å²) in [5.41, 5.74) is 2.90. The standard InChI is InChI=1S/2C15H23NO.ClH/c2*1-16-11-13-6-3-4-9-15(13)12-7-5-8-14(10-12)17-2;/h2*5,7-8,10,13,15-16H,3-4,6,9,11H2,1-2H3;1H/t13-,15-;;/m0../s1. The lowest BCUT2D eigenvalue weighted by molar-refractivity contribution is 0.300. The molecular weight excluding hydrogens is 456 g/mol. The lowest BCUT2D eigenvalue weighted by Gasteiger charge is -2.32. The first kappa shape index (κ1) is 29.5. The van der Waals surface area contributed by atoms with E-state index in [1.54, 1.807) is 14.2 Å². The van der Waals surface area contributed by atoms with Gasteiger partial charge in [0.25, 0.3) is 0 Å². The molecule has 196 valence electrons. The van der Waals surface area contributed by atoms with Crippen molar-refractivity contribution in [2.75, 3.05) is 41.4 Å². The van der Waals surface area contributed by atoms with Crippen molar-refractivity contribution >= 4 is 12.4 Å². The first-order valence-electron chi connectivity index (χ1n) is 13.3. The minimum Gasteiger partial charge on any atom is -0.497 e. The summed E-state index contributed by atoms with van der Waals surface area (Å²) in [6.07, 6.45) is 10.8. The Morgan fingerprint density at radius 1 is 0.657 bits per heavy atom. The van der Waals surface area contributed by atoms with E-state index in [9.17, 15) is 0 Å². The lowest BCUT2D eigenvalue weighted by Crippen LogP contribution is -2.27. The Balaban J connectivity index is 0.000000240. The average Bonchev–Trinajstić information content (AvgIpc) is 2.90. The third-order valence-electron chi connectivity index (χ3n) is 7.79. The first-order chi connectivity index (χ1) is 16.7. The smallest absolute Gasteiger partial charge is 0.119 e. The number of ether oxygens (including phenoxy) is 2. The van der Waals surface area contributed by atoms with Gasteiger partial charge in [0.2, 0.25) is 0 Å². The Hall–Kier alpha value is -1.75. The maximum absolute atomic E-state index is 5.33. The van der Waals surface area contributed by atoms with Crippen LogP contribution >= 0.6 is 12.4 Å². The van der Waals surface area contributed by atoms with Gasteiger partial charge < -0.3 is 20.1 Å². The van der Waals surface area contributed by atoms with Gasteiger partial charge in [-0.3, -0.25) is 0 Å². The number of hydrogen-bond acceptors (Lipinski definition) is 4. The Bertz CT molecular complexity index is 773. The highest BCUT2D eigenvalue weighted by molar-refractivity contribution is 5.85. The maximum atomic E-state index is 5.33. The fraction of sp³-hybridized carbons (Fsp3) is 0.600. The zero-order valence-corrected chi connectivity index (χ0v) is 23.0. The normalized spacial score (nSPS) is 23.9. The Morgan fingerprint density at radius 2 is 1.06 bits per heavy atom. The number of halogens is 1. The van der Waals surface area contributed by atoms with Crippen LogP contribution in [0.2, 0.25) is 0 Å². The fourth-order valence-corrected chi connectivity index (χ4v) is 6.05. The average molecular weight is 503 g/mol. The van der Waals surface area contributed by atoms with E-state index < -0.39 is 0 Å². The van der Waals surface area contributed by atoms with Crippen LogP contribution in [0, 0.1) is 11.8 Å². The molecule has 0 amide bonds. The molecule has 5 heteroatoms. The summed E-state index contributed by atoms with van der Waals surface area (Å²) < 4.78 is 10.7. The molecule has 0 saturated heterocycles. The van der Waals surface area contributed by atoms with E-state index in [-0.39, 0.29) is 12.4 Å². The second-order valence-corrected chi connectivity index (χ2v) is 9.97. The van der Waals surface area contributed by atoms with Gasteiger partial charge in [-0.05, 0) is 112 Å². The SMILES string of the molecule is CNCC1CCCCC1c1cccc(OC)c1.CNC[C@@H]1CCCC[C@H]1c1cccc(OC)c1.Cl. The van der Waals surface area contributed by atoms with Crippen molar-refractivity contribution in [2.45, 2.75) is 63.2 Å². The molecule has 0 radical (unpaired) electrons. The van der Waals surface area contributed by atoms with Crippen LogP contribution in [0.25, 0.3) is 0 Å². The first-order valence-corrected chi connectivity index (χ1v) is 13.3. The Morgan fingerprint density at radius 3 is 1.43 bits per heavy atom. The highest BCUT2D eigenvalue weighted by Crippen LogP contribution is 2.39. The van der Waals surface area contributed by atoms with Crippen molar-refractivity contribution in [2.24, 2.45) is 11.8 Å². The second-order valence-electron chi connectivity index (χ2n) is 9.97. The quantitative estimate of drug-likeness (QED) is 0.416. The summed E-state index contributed by atoms with van der Waals surface area (Å²) in [7, 11) is 7.59. The molecule has 35 heavy (non-hydrogen) atoms. The summed E-state index contributed by atoms with van der Waals surface area (Å²) in [5.74, 6) is 4.92. The molecule has 0 spiro atoms. The van der Waals surface area contributed by atoms with E-state index >= 15 is 0 Å². The van der Waals surface area contributed by atoms with Crippen molar-refractivity contribution in [3.05, 3.63) is 59.7 Å². The van der Waals surface area contributed by atoms with Gasteiger partial charge in [0.05, 0.1) is 14.2 Å². The summed E-state index contributed by atoms with van der Waals surface area (Å²) in [4.78, 5) is 0. The second kappa shape index (κ2) is 16.1. The predicted molar refractivity (Wildman–Crippen MR) is 150 cm³/mol. The largest absolute Gasteiger partial charge is 0.497 e. The molecule has 2 aromatic rings. The van der Waals surface area contributed by atoms with Gasteiger partial charge in [-0.2, -0.15) is 0 Å². The summed E-state index contributed by atoms with van der Waals surface area (Å²) in [6, 6.07) is 17.2. The summed E-state index contributed by atoms with van der Waals surface area (Å²) in [5, 5.41) is 6.67. The van der Waals surface area contributed by atoms with Crippen LogP contribution in [-0.4, -0.2) is 41.4 Å². The van der Waals surface area contributed by atoms with E-state index in [1.807, 2.05) is 12.1 Å². The lowest BCUT2D eigenvalue weighted by atomic mass is 9.75. The molecule has 2 aromatic carbocycles. The van der Waals surface area contributed by atoms with E-state index in [0.717, 1.165) is 36.4 Å². The van der Waals surface area contributed by atoms with Crippen molar-refractivity contribution in [1.29, 1.82) is 0 Å². The third-order valence-corrected chi connectivity index (χ3v) is 7.79.